The van der Waals surface area contributed by atoms with Crippen molar-refractivity contribution in [1.29, 1.82) is 0 Å². The van der Waals surface area contributed by atoms with Gasteiger partial charge < -0.3 is 4.74 Å². The first-order chi connectivity index (χ1) is 12.4. The summed E-state index contributed by atoms with van der Waals surface area (Å²) in [5.74, 6) is 0.627. The van der Waals surface area contributed by atoms with Gasteiger partial charge in [-0.2, -0.15) is 5.10 Å². The van der Waals surface area contributed by atoms with Gasteiger partial charge in [-0.3, -0.25) is 14.4 Å². The molecule has 1 aromatic carbocycles. The minimum absolute atomic E-state index is 0.246. The number of ether oxygens (including phenoxy) is 1. The van der Waals surface area contributed by atoms with Crippen LogP contribution < -0.4 is 9.46 Å². The second-order valence-electron chi connectivity index (χ2n) is 5.94. The van der Waals surface area contributed by atoms with Crippen LogP contribution in [0.2, 0.25) is 0 Å². The maximum absolute atomic E-state index is 12.8. The molecule has 0 radical (unpaired) electrons. The van der Waals surface area contributed by atoms with Crippen molar-refractivity contribution in [2.75, 3.05) is 11.8 Å². The predicted molar refractivity (Wildman–Crippen MR) is 98.8 cm³/mol. The van der Waals surface area contributed by atoms with E-state index in [9.17, 15) is 8.42 Å². The zero-order chi connectivity index (χ0) is 18.7. The third-order valence-corrected chi connectivity index (χ3v) is 5.56. The average molecular weight is 372 g/mol. The average Bonchev–Trinajstić information content (AvgIpc) is 3.00. The van der Waals surface area contributed by atoms with Crippen LogP contribution in [0.5, 0.6) is 5.75 Å². The molecule has 2 aromatic heterocycles. The second kappa shape index (κ2) is 7.17. The molecule has 0 aliphatic carbocycles. The minimum atomic E-state index is -3.73. The monoisotopic (exact) mass is 372 g/mol. The van der Waals surface area contributed by atoms with Crippen molar-refractivity contribution < 1.29 is 13.2 Å². The highest BCUT2D eigenvalue weighted by Gasteiger charge is 2.21. The second-order valence-corrected chi connectivity index (χ2v) is 7.56. The Bertz CT molecular complexity index is 991. The molecule has 0 bridgehead atoms. The Hall–Kier alpha value is -2.87. The lowest BCUT2D eigenvalue weighted by molar-refractivity contribution is 0.413. The first kappa shape index (κ1) is 17.9. The summed E-state index contributed by atoms with van der Waals surface area (Å²) in [6.07, 6.45) is 4.83. The lowest BCUT2D eigenvalue weighted by Gasteiger charge is -2.13. The number of aromatic nitrogens is 3. The van der Waals surface area contributed by atoms with Crippen LogP contribution in [-0.4, -0.2) is 30.3 Å². The molecule has 0 saturated heterocycles. The van der Waals surface area contributed by atoms with Crippen molar-refractivity contribution >= 4 is 15.7 Å². The number of hydrogen-bond acceptors (Lipinski definition) is 5. The number of methoxy groups -OCH3 is 1. The summed E-state index contributed by atoms with van der Waals surface area (Å²) in [4.78, 5) is 4.48. The highest BCUT2D eigenvalue weighted by molar-refractivity contribution is 7.92. The van der Waals surface area contributed by atoms with Crippen molar-refractivity contribution in [3.63, 3.8) is 0 Å². The SMILES string of the molecule is COc1cc(C)c(S(=O)(=O)Nc2cnn(Cc3ccccn3)c2)c(C)c1. The summed E-state index contributed by atoms with van der Waals surface area (Å²) in [7, 11) is -2.18. The molecule has 0 aliphatic rings. The van der Waals surface area contributed by atoms with E-state index in [0.29, 0.717) is 29.1 Å². The van der Waals surface area contributed by atoms with E-state index < -0.39 is 10.0 Å². The highest BCUT2D eigenvalue weighted by atomic mass is 32.2. The number of benzene rings is 1. The van der Waals surface area contributed by atoms with E-state index in [4.69, 9.17) is 4.74 Å². The summed E-state index contributed by atoms with van der Waals surface area (Å²) in [5, 5.41) is 4.19. The number of nitrogens with zero attached hydrogens (tertiary/aromatic N) is 3. The van der Waals surface area contributed by atoms with Crippen molar-refractivity contribution in [2.24, 2.45) is 0 Å². The molecule has 0 spiro atoms. The van der Waals surface area contributed by atoms with Crippen LogP contribution >= 0.6 is 0 Å². The van der Waals surface area contributed by atoms with E-state index in [-0.39, 0.29) is 4.90 Å². The lowest BCUT2D eigenvalue weighted by atomic mass is 10.1. The smallest absolute Gasteiger partial charge is 0.262 e. The van der Waals surface area contributed by atoms with E-state index in [1.165, 1.54) is 6.20 Å². The first-order valence-electron chi connectivity index (χ1n) is 7.99. The fraction of sp³-hybridized carbons (Fsp3) is 0.222. The molecule has 136 valence electrons. The Morgan fingerprint density at radius 3 is 2.54 bits per heavy atom. The van der Waals surface area contributed by atoms with Gasteiger partial charge in [0.25, 0.3) is 10.0 Å². The summed E-state index contributed by atoms with van der Waals surface area (Å²) in [5.41, 5.74) is 2.48. The van der Waals surface area contributed by atoms with E-state index in [0.717, 1.165) is 5.69 Å². The Labute approximate surface area is 152 Å². The molecule has 2 heterocycles. The molecule has 0 saturated carbocycles. The van der Waals surface area contributed by atoms with Crippen LogP contribution in [0.3, 0.4) is 0 Å². The number of rotatable bonds is 6. The van der Waals surface area contributed by atoms with Gasteiger partial charge in [-0.1, -0.05) is 6.07 Å². The van der Waals surface area contributed by atoms with Crippen LogP contribution in [0.4, 0.5) is 5.69 Å². The first-order valence-corrected chi connectivity index (χ1v) is 9.48. The molecule has 0 fully saturated rings. The zero-order valence-corrected chi connectivity index (χ0v) is 15.6. The Kier molecular flexibility index (Phi) is 4.94. The van der Waals surface area contributed by atoms with Crippen LogP contribution in [0.1, 0.15) is 16.8 Å². The van der Waals surface area contributed by atoms with E-state index in [2.05, 4.69) is 14.8 Å². The predicted octanol–water partition coefficient (Wildman–Crippen LogP) is 2.75. The van der Waals surface area contributed by atoms with E-state index in [1.54, 1.807) is 50.2 Å². The van der Waals surface area contributed by atoms with E-state index in [1.807, 2.05) is 18.2 Å². The van der Waals surface area contributed by atoms with Crippen LogP contribution in [0.25, 0.3) is 0 Å². The molecule has 0 unspecified atom stereocenters. The van der Waals surface area contributed by atoms with Crippen molar-refractivity contribution in [3.8, 4) is 5.75 Å². The van der Waals surface area contributed by atoms with Gasteiger partial charge in [-0.15, -0.1) is 0 Å². The van der Waals surface area contributed by atoms with Gasteiger partial charge >= 0.3 is 0 Å². The number of nitrogens with one attached hydrogen (secondary N) is 1. The highest BCUT2D eigenvalue weighted by Crippen LogP contribution is 2.27. The number of aryl methyl sites for hydroxylation is 2. The summed E-state index contributed by atoms with van der Waals surface area (Å²) in [6, 6.07) is 9.02. The maximum Gasteiger partial charge on any atom is 0.262 e. The summed E-state index contributed by atoms with van der Waals surface area (Å²) < 4.78 is 35.0. The van der Waals surface area contributed by atoms with Gasteiger partial charge in [0.15, 0.2) is 0 Å². The standard InChI is InChI=1S/C18H20N4O3S/c1-13-8-17(25-3)9-14(2)18(13)26(23,24)21-16-10-20-22(12-16)11-15-6-4-5-7-19-15/h4-10,12,21H,11H2,1-3H3. The molecule has 3 rings (SSSR count). The number of hydrogen-bond donors (Lipinski definition) is 1. The topological polar surface area (TPSA) is 86.1 Å². The molecule has 7 nitrogen and oxygen atoms in total. The zero-order valence-electron chi connectivity index (χ0n) is 14.8. The Balaban J connectivity index is 1.83. The normalized spacial score (nSPS) is 11.3. The quantitative estimate of drug-likeness (QED) is 0.719. The van der Waals surface area contributed by atoms with Gasteiger partial charge in [0.2, 0.25) is 0 Å². The maximum atomic E-state index is 12.8. The number of anilines is 1. The minimum Gasteiger partial charge on any atom is -0.497 e. The molecule has 3 aromatic rings. The van der Waals surface area contributed by atoms with Crippen LogP contribution in [-0.2, 0) is 16.6 Å². The van der Waals surface area contributed by atoms with Crippen molar-refractivity contribution in [2.45, 2.75) is 25.3 Å². The van der Waals surface area contributed by atoms with Crippen molar-refractivity contribution in [3.05, 3.63) is 65.7 Å². The van der Waals surface area contributed by atoms with Crippen molar-refractivity contribution in [1.82, 2.24) is 14.8 Å². The largest absolute Gasteiger partial charge is 0.497 e. The molecular weight excluding hydrogens is 352 g/mol. The molecule has 0 aliphatic heterocycles. The molecule has 8 heteroatoms. The molecular formula is C18H20N4O3S. The number of sulfonamides is 1. The molecule has 0 amide bonds. The molecule has 26 heavy (non-hydrogen) atoms. The fourth-order valence-corrected chi connectivity index (χ4v) is 4.30. The third kappa shape index (κ3) is 3.85. The van der Waals surface area contributed by atoms with Gasteiger partial charge in [0.05, 0.1) is 36.1 Å². The van der Waals surface area contributed by atoms with Crippen LogP contribution in [0.15, 0.2) is 53.8 Å². The fourth-order valence-electron chi connectivity index (χ4n) is 2.82. The summed E-state index contributed by atoms with van der Waals surface area (Å²) in [6.45, 7) is 3.95. The van der Waals surface area contributed by atoms with Gasteiger partial charge in [-0.05, 0) is 49.2 Å². The van der Waals surface area contributed by atoms with E-state index >= 15 is 0 Å². The Morgan fingerprint density at radius 1 is 1.19 bits per heavy atom. The van der Waals surface area contributed by atoms with Gasteiger partial charge in [0.1, 0.15) is 5.75 Å². The lowest BCUT2D eigenvalue weighted by Crippen LogP contribution is -2.15. The Morgan fingerprint density at radius 2 is 1.92 bits per heavy atom. The van der Waals surface area contributed by atoms with Crippen LogP contribution in [0, 0.1) is 13.8 Å². The summed E-state index contributed by atoms with van der Waals surface area (Å²) >= 11 is 0. The third-order valence-electron chi connectivity index (χ3n) is 3.87. The molecule has 0 atom stereocenters. The van der Waals surface area contributed by atoms with Gasteiger partial charge in [-0.25, -0.2) is 8.42 Å². The molecule has 1 N–H and O–H groups in total. The number of pyridine rings is 1. The van der Waals surface area contributed by atoms with Gasteiger partial charge in [0, 0.05) is 12.4 Å².